The Kier molecular flexibility index (Phi) is 5.72. The van der Waals surface area contributed by atoms with Gasteiger partial charge in [0.25, 0.3) is 10.2 Å². The molecule has 1 aliphatic heterocycles. The van der Waals surface area contributed by atoms with Gasteiger partial charge in [0.05, 0.1) is 0 Å². The summed E-state index contributed by atoms with van der Waals surface area (Å²) in [5, 5.41) is 4.75. The summed E-state index contributed by atoms with van der Waals surface area (Å²) >= 11 is 6.05. The van der Waals surface area contributed by atoms with Crippen LogP contribution in [-0.2, 0) is 10.2 Å². The molecule has 0 radical (unpaired) electrons. The van der Waals surface area contributed by atoms with E-state index in [1.54, 1.807) is 11.4 Å². The number of hydrogen-bond donors (Lipinski definition) is 0. The van der Waals surface area contributed by atoms with E-state index in [1.165, 1.54) is 4.31 Å². The van der Waals surface area contributed by atoms with E-state index in [1.807, 2.05) is 24.3 Å². The van der Waals surface area contributed by atoms with Crippen molar-refractivity contribution in [1.82, 2.24) is 18.8 Å². The smallest absolute Gasteiger partial charge is 0.281 e. The third-order valence-electron chi connectivity index (χ3n) is 6.28. The summed E-state index contributed by atoms with van der Waals surface area (Å²) < 4.78 is 34.2. The van der Waals surface area contributed by atoms with E-state index >= 15 is 0 Å². The Labute approximate surface area is 177 Å². The highest BCUT2D eigenvalue weighted by molar-refractivity contribution is 7.86. The molecule has 7 nitrogen and oxygen atoms in total. The van der Waals surface area contributed by atoms with Crippen LogP contribution in [0.2, 0.25) is 5.02 Å². The Balaban J connectivity index is 1.39. The van der Waals surface area contributed by atoms with Crippen LogP contribution in [0.3, 0.4) is 0 Å². The van der Waals surface area contributed by atoms with Crippen LogP contribution < -0.4 is 0 Å². The molecule has 1 aliphatic carbocycles. The van der Waals surface area contributed by atoms with Crippen LogP contribution in [0.25, 0.3) is 11.4 Å². The van der Waals surface area contributed by atoms with Gasteiger partial charge in [0.1, 0.15) is 0 Å². The molecule has 158 valence electrons. The maximum Gasteiger partial charge on any atom is 0.281 e. The van der Waals surface area contributed by atoms with Crippen molar-refractivity contribution in [3.63, 3.8) is 0 Å². The molecule has 1 aromatic heterocycles. The van der Waals surface area contributed by atoms with E-state index in [4.69, 9.17) is 16.1 Å². The molecule has 1 saturated carbocycles. The Hall–Kier alpha value is -1.48. The maximum absolute atomic E-state index is 12.8. The largest absolute Gasteiger partial charge is 0.339 e. The minimum absolute atomic E-state index is 0.0894. The van der Waals surface area contributed by atoms with E-state index < -0.39 is 10.2 Å². The first kappa shape index (κ1) is 20.8. The van der Waals surface area contributed by atoms with E-state index in [9.17, 15) is 8.42 Å². The molecule has 29 heavy (non-hydrogen) atoms. The molecular formula is C20H27ClN4O3S. The van der Waals surface area contributed by atoms with Crippen LogP contribution in [-0.4, -0.2) is 53.9 Å². The van der Waals surface area contributed by atoms with Crippen molar-refractivity contribution in [3.05, 3.63) is 35.2 Å². The number of rotatable bonds is 7. The Morgan fingerprint density at radius 1 is 1.34 bits per heavy atom. The molecule has 1 aromatic carbocycles. The lowest BCUT2D eigenvalue weighted by Crippen LogP contribution is -2.46. The number of hydrogen-bond acceptors (Lipinski definition) is 5. The predicted molar refractivity (Wildman–Crippen MR) is 112 cm³/mol. The van der Waals surface area contributed by atoms with Gasteiger partial charge in [-0.3, -0.25) is 0 Å². The molecule has 9 heteroatoms. The number of unbranched alkanes of at least 4 members (excludes halogenated alkanes) is 1. The lowest BCUT2D eigenvalue weighted by molar-refractivity contribution is 0.231. The average molecular weight is 439 g/mol. The molecule has 0 amide bonds. The fourth-order valence-electron chi connectivity index (χ4n) is 4.23. The third kappa shape index (κ3) is 4.08. The fraction of sp³-hybridized carbons (Fsp3) is 0.600. The van der Waals surface area contributed by atoms with Gasteiger partial charge in [0.2, 0.25) is 11.7 Å². The highest BCUT2D eigenvalue weighted by Crippen LogP contribution is 2.64. The molecule has 1 atom stereocenters. The second kappa shape index (κ2) is 7.98. The van der Waals surface area contributed by atoms with Crippen LogP contribution in [0.1, 0.15) is 50.8 Å². The summed E-state index contributed by atoms with van der Waals surface area (Å²) in [6.07, 6.45) is 4.48. The summed E-state index contributed by atoms with van der Waals surface area (Å²) in [5.41, 5.74) is 0.921. The highest BCUT2D eigenvalue weighted by Gasteiger charge is 2.59. The van der Waals surface area contributed by atoms with Gasteiger partial charge in [-0.2, -0.15) is 22.0 Å². The molecule has 4 rings (SSSR count). The standard InChI is InChI=1S/C20H27ClN4O3S/c1-3-4-10-24(2)29(26,27)25-11-8-20(9-12-25)14-17(20)19-22-18(23-28-19)15-6-5-7-16(21)13-15/h5-7,13,17H,3-4,8-12,14H2,1-2H3. The lowest BCUT2D eigenvalue weighted by atomic mass is 9.92. The summed E-state index contributed by atoms with van der Waals surface area (Å²) in [7, 11) is -1.70. The van der Waals surface area contributed by atoms with Crippen molar-refractivity contribution >= 4 is 21.8 Å². The monoisotopic (exact) mass is 438 g/mol. The number of piperidine rings is 1. The third-order valence-corrected chi connectivity index (χ3v) is 8.50. The quantitative estimate of drug-likeness (QED) is 0.654. The van der Waals surface area contributed by atoms with Crippen molar-refractivity contribution in [2.75, 3.05) is 26.7 Å². The molecule has 2 fully saturated rings. The number of aromatic nitrogens is 2. The van der Waals surface area contributed by atoms with E-state index in [0.717, 1.165) is 37.7 Å². The topological polar surface area (TPSA) is 79.5 Å². The SMILES string of the molecule is CCCCN(C)S(=O)(=O)N1CCC2(CC1)CC2c1nc(-c2cccc(Cl)c2)no1. The van der Waals surface area contributed by atoms with Gasteiger partial charge in [-0.25, -0.2) is 0 Å². The molecule has 0 bridgehead atoms. The summed E-state index contributed by atoms with van der Waals surface area (Å²) in [6, 6.07) is 7.39. The molecule has 0 N–H and O–H groups in total. The molecule has 2 aromatic rings. The van der Waals surface area contributed by atoms with Gasteiger partial charge in [0.15, 0.2) is 0 Å². The van der Waals surface area contributed by atoms with Gasteiger partial charge in [-0.05, 0) is 43.2 Å². The second-order valence-corrected chi connectivity index (χ2v) is 10.6. The molecule has 2 heterocycles. The second-order valence-electron chi connectivity index (χ2n) is 8.17. The van der Waals surface area contributed by atoms with Gasteiger partial charge >= 0.3 is 0 Å². The van der Waals surface area contributed by atoms with Gasteiger partial charge < -0.3 is 4.52 Å². The van der Waals surface area contributed by atoms with Gasteiger partial charge in [0, 0.05) is 43.2 Å². The van der Waals surface area contributed by atoms with E-state index in [-0.39, 0.29) is 11.3 Å². The number of nitrogens with zero attached hydrogens (tertiary/aromatic N) is 4. The van der Waals surface area contributed by atoms with Crippen LogP contribution in [0.4, 0.5) is 0 Å². The molecular weight excluding hydrogens is 412 g/mol. The zero-order valence-electron chi connectivity index (χ0n) is 16.8. The first-order valence-corrected chi connectivity index (χ1v) is 11.9. The Morgan fingerprint density at radius 3 is 2.79 bits per heavy atom. The van der Waals surface area contributed by atoms with Gasteiger partial charge in [-0.15, -0.1) is 0 Å². The average Bonchev–Trinajstić information content (AvgIpc) is 3.17. The fourth-order valence-corrected chi connectivity index (χ4v) is 5.81. The Morgan fingerprint density at radius 2 is 2.10 bits per heavy atom. The van der Waals surface area contributed by atoms with Crippen molar-refractivity contribution in [2.45, 2.75) is 44.9 Å². The lowest BCUT2D eigenvalue weighted by Gasteiger charge is -2.34. The first-order chi connectivity index (χ1) is 13.9. The zero-order valence-corrected chi connectivity index (χ0v) is 18.4. The predicted octanol–water partition coefficient (Wildman–Crippen LogP) is 3.94. The van der Waals surface area contributed by atoms with Gasteiger partial charge in [-0.1, -0.05) is 42.2 Å². The van der Waals surface area contributed by atoms with E-state index in [2.05, 4.69) is 17.1 Å². The zero-order chi connectivity index (χ0) is 20.6. The van der Waals surface area contributed by atoms with Crippen LogP contribution in [0, 0.1) is 5.41 Å². The molecule has 1 unspecified atom stereocenters. The Bertz CT molecular complexity index is 970. The molecule has 1 spiro atoms. The molecule has 2 aliphatic rings. The highest BCUT2D eigenvalue weighted by atomic mass is 35.5. The van der Waals surface area contributed by atoms with Crippen molar-refractivity contribution in [1.29, 1.82) is 0 Å². The minimum Gasteiger partial charge on any atom is -0.339 e. The normalized spacial score (nSPS) is 21.7. The minimum atomic E-state index is -3.37. The number of benzene rings is 1. The number of halogens is 1. The summed E-state index contributed by atoms with van der Waals surface area (Å²) in [5.74, 6) is 1.41. The van der Waals surface area contributed by atoms with Crippen LogP contribution >= 0.6 is 11.6 Å². The maximum atomic E-state index is 12.8. The summed E-state index contributed by atoms with van der Waals surface area (Å²) in [6.45, 7) is 3.72. The van der Waals surface area contributed by atoms with Crippen molar-refractivity contribution in [3.8, 4) is 11.4 Å². The molecule has 1 saturated heterocycles. The van der Waals surface area contributed by atoms with Crippen molar-refractivity contribution in [2.24, 2.45) is 5.41 Å². The summed E-state index contributed by atoms with van der Waals surface area (Å²) in [4.78, 5) is 4.59. The van der Waals surface area contributed by atoms with E-state index in [0.29, 0.717) is 36.4 Å². The van der Waals surface area contributed by atoms with Crippen LogP contribution in [0.5, 0.6) is 0 Å². The van der Waals surface area contributed by atoms with Crippen molar-refractivity contribution < 1.29 is 12.9 Å². The first-order valence-electron chi connectivity index (χ1n) is 10.2. The van der Waals surface area contributed by atoms with Crippen LogP contribution in [0.15, 0.2) is 28.8 Å².